The van der Waals surface area contributed by atoms with Crippen LogP contribution in [0, 0.1) is 0 Å². The van der Waals surface area contributed by atoms with Crippen molar-refractivity contribution in [3.05, 3.63) is 95.7 Å². The van der Waals surface area contributed by atoms with E-state index in [1.807, 2.05) is 54.7 Å². The number of carbonyl (C=O) groups is 2. The number of rotatable bonds is 12. The first-order valence-corrected chi connectivity index (χ1v) is 13.4. The number of methoxy groups -OCH3 is 2. The van der Waals surface area contributed by atoms with Crippen molar-refractivity contribution in [1.29, 1.82) is 0 Å². The molecule has 3 aromatic carbocycles. The third-order valence-corrected chi connectivity index (χ3v) is 6.87. The summed E-state index contributed by atoms with van der Waals surface area (Å²) in [6, 6.07) is 18.8. The second-order valence-corrected chi connectivity index (χ2v) is 9.66. The Kier molecular flexibility index (Phi) is 10.1. The lowest BCUT2D eigenvalue weighted by molar-refractivity contribution is -0.137. The average Bonchev–Trinajstić information content (AvgIpc) is 3.40. The van der Waals surface area contributed by atoms with Gasteiger partial charge in [-0.3, -0.25) is 4.79 Å². The number of H-pyrrole nitrogens is 1. The number of nitrogens with zero attached hydrogens (tertiary/aromatic N) is 2. The number of aromatic nitrogens is 1. The first-order chi connectivity index (χ1) is 20.2. The molecular formula is C31H33F3N4O4. The number of anilines is 1. The van der Waals surface area contributed by atoms with E-state index in [0.717, 1.165) is 34.2 Å². The van der Waals surface area contributed by atoms with Gasteiger partial charge in [0.1, 0.15) is 12.3 Å². The van der Waals surface area contributed by atoms with Crippen LogP contribution in [-0.4, -0.2) is 67.2 Å². The molecule has 0 fully saturated rings. The largest absolute Gasteiger partial charge is 0.496 e. The van der Waals surface area contributed by atoms with E-state index < -0.39 is 17.8 Å². The number of hydrogen-bond donors (Lipinski definition) is 2. The number of amides is 3. The summed E-state index contributed by atoms with van der Waals surface area (Å²) in [4.78, 5) is 33.1. The number of carbonyl (C=O) groups excluding carboxylic acids is 2. The summed E-state index contributed by atoms with van der Waals surface area (Å²) in [6.45, 7) is 0.620. The molecule has 0 spiro atoms. The Hall–Kier alpha value is -4.51. The number of aromatic amines is 1. The van der Waals surface area contributed by atoms with E-state index in [1.54, 1.807) is 12.0 Å². The van der Waals surface area contributed by atoms with Gasteiger partial charge in [0, 0.05) is 55.1 Å². The number of benzene rings is 3. The van der Waals surface area contributed by atoms with Crippen LogP contribution in [0.3, 0.4) is 0 Å². The van der Waals surface area contributed by atoms with Crippen LogP contribution in [0.4, 0.5) is 23.7 Å². The van der Waals surface area contributed by atoms with Gasteiger partial charge in [-0.15, -0.1) is 0 Å². The predicted molar refractivity (Wildman–Crippen MR) is 154 cm³/mol. The lowest BCUT2D eigenvalue weighted by Gasteiger charge is -2.28. The molecule has 4 rings (SSSR count). The second kappa shape index (κ2) is 13.9. The fourth-order valence-electron chi connectivity index (χ4n) is 4.59. The van der Waals surface area contributed by atoms with Crippen LogP contribution in [0.2, 0.25) is 0 Å². The summed E-state index contributed by atoms with van der Waals surface area (Å²) in [6.07, 6.45) is -1.99. The third-order valence-electron chi connectivity index (χ3n) is 6.87. The normalized spacial score (nSPS) is 11.4. The molecule has 0 aliphatic heterocycles. The Bertz CT molecular complexity index is 1490. The van der Waals surface area contributed by atoms with Gasteiger partial charge in [0.25, 0.3) is 0 Å². The molecule has 0 aliphatic carbocycles. The Morgan fingerprint density at radius 3 is 2.31 bits per heavy atom. The zero-order chi connectivity index (χ0) is 30.1. The molecule has 4 aromatic rings. The van der Waals surface area contributed by atoms with E-state index in [2.05, 4.69) is 10.3 Å². The fourth-order valence-corrected chi connectivity index (χ4v) is 4.59. The molecule has 222 valence electrons. The number of alkyl halides is 3. The van der Waals surface area contributed by atoms with E-state index in [1.165, 1.54) is 24.1 Å². The minimum atomic E-state index is -4.49. The number of hydrogen-bond acceptors (Lipinski definition) is 4. The number of nitrogens with one attached hydrogen (secondary N) is 2. The molecule has 0 bridgehead atoms. The van der Waals surface area contributed by atoms with Gasteiger partial charge in [0.05, 0.1) is 19.3 Å². The zero-order valence-electron chi connectivity index (χ0n) is 23.4. The van der Waals surface area contributed by atoms with E-state index in [9.17, 15) is 22.8 Å². The van der Waals surface area contributed by atoms with Gasteiger partial charge >= 0.3 is 12.2 Å². The summed E-state index contributed by atoms with van der Waals surface area (Å²) in [7, 11) is 3.04. The van der Waals surface area contributed by atoms with Crippen molar-refractivity contribution >= 4 is 28.5 Å². The topological polar surface area (TPSA) is 86.9 Å². The van der Waals surface area contributed by atoms with Crippen molar-refractivity contribution < 1.29 is 32.2 Å². The summed E-state index contributed by atoms with van der Waals surface area (Å²) in [5, 5.41) is 3.65. The number of urea groups is 1. The van der Waals surface area contributed by atoms with Crippen LogP contribution < -0.4 is 10.1 Å². The summed E-state index contributed by atoms with van der Waals surface area (Å²) < 4.78 is 49.5. The maximum Gasteiger partial charge on any atom is 0.416 e. The average molecular weight is 583 g/mol. The van der Waals surface area contributed by atoms with Gasteiger partial charge < -0.3 is 29.6 Å². The molecule has 3 amide bonds. The fraction of sp³-hybridized carbons (Fsp3) is 0.290. The molecule has 0 saturated heterocycles. The molecule has 0 saturated carbocycles. The molecule has 0 unspecified atom stereocenters. The van der Waals surface area contributed by atoms with Crippen LogP contribution in [0.15, 0.2) is 79.0 Å². The maximum absolute atomic E-state index is 13.7. The van der Waals surface area contributed by atoms with E-state index >= 15 is 0 Å². The lowest BCUT2D eigenvalue weighted by atomic mass is 10.1. The minimum absolute atomic E-state index is 0.0969. The summed E-state index contributed by atoms with van der Waals surface area (Å²) in [5.41, 5.74) is 2.22. The van der Waals surface area contributed by atoms with E-state index in [4.69, 9.17) is 9.47 Å². The van der Waals surface area contributed by atoms with Gasteiger partial charge in [-0.05, 0) is 48.4 Å². The molecule has 42 heavy (non-hydrogen) atoms. The van der Waals surface area contributed by atoms with Gasteiger partial charge in [0.2, 0.25) is 5.91 Å². The van der Waals surface area contributed by atoms with Crippen LogP contribution in [0.25, 0.3) is 10.9 Å². The van der Waals surface area contributed by atoms with E-state index in [-0.39, 0.29) is 37.8 Å². The van der Waals surface area contributed by atoms with Gasteiger partial charge in [0.15, 0.2) is 0 Å². The first kappa shape index (κ1) is 30.4. The molecule has 2 N–H and O–H groups in total. The van der Waals surface area contributed by atoms with Crippen LogP contribution >= 0.6 is 0 Å². The van der Waals surface area contributed by atoms with E-state index in [0.29, 0.717) is 18.7 Å². The first-order valence-electron chi connectivity index (χ1n) is 13.4. The zero-order valence-corrected chi connectivity index (χ0v) is 23.4. The number of ether oxygens (including phenoxy) is 2. The SMILES string of the molecule is COCCN(CC(=O)N(CCc1c[nH]c2ccccc12)Cc1ccccc1OC)C(=O)Nc1ccc(C(F)(F)F)cc1. The molecule has 0 atom stereocenters. The second-order valence-electron chi connectivity index (χ2n) is 9.66. The monoisotopic (exact) mass is 582 g/mol. The Labute approximate surface area is 242 Å². The van der Waals surface area contributed by atoms with Crippen molar-refractivity contribution in [3.63, 3.8) is 0 Å². The summed E-state index contributed by atoms with van der Waals surface area (Å²) in [5.74, 6) is 0.332. The highest BCUT2D eigenvalue weighted by molar-refractivity contribution is 5.92. The highest BCUT2D eigenvalue weighted by Crippen LogP contribution is 2.30. The Morgan fingerprint density at radius 1 is 0.881 bits per heavy atom. The number of halogens is 3. The summed E-state index contributed by atoms with van der Waals surface area (Å²) >= 11 is 0. The van der Waals surface area contributed by atoms with Crippen molar-refractivity contribution in [2.24, 2.45) is 0 Å². The van der Waals surface area contributed by atoms with Gasteiger partial charge in [-0.1, -0.05) is 36.4 Å². The van der Waals surface area contributed by atoms with Crippen molar-refractivity contribution in [2.75, 3.05) is 45.8 Å². The smallest absolute Gasteiger partial charge is 0.416 e. The molecule has 0 aliphatic rings. The Morgan fingerprint density at radius 2 is 1.60 bits per heavy atom. The standard InChI is InChI=1S/C31H33F3N4O4/c1-41-18-17-38(30(40)36-25-13-11-24(12-14-25)31(32,33)34)21-29(39)37(20-23-7-3-6-10-28(23)42-2)16-15-22-19-35-27-9-5-4-8-26(22)27/h3-14,19,35H,15-18,20-21H2,1-2H3,(H,36,40). The van der Waals surface area contributed by atoms with Crippen molar-refractivity contribution in [3.8, 4) is 5.75 Å². The highest BCUT2D eigenvalue weighted by atomic mass is 19.4. The molecule has 11 heteroatoms. The third kappa shape index (κ3) is 7.82. The van der Waals surface area contributed by atoms with Crippen molar-refractivity contribution in [1.82, 2.24) is 14.8 Å². The maximum atomic E-state index is 13.7. The molecular weight excluding hydrogens is 549 g/mol. The van der Waals surface area contributed by atoms with Crippen LogP contribution in [-0.2, 0) is 28.7 Å². The Balaban J connectivity index is 1.52. The molecule has 8 nitrogen and oxygen atoms in total. The number of fused-ring (bicyclic) bond motifs is 1. The van der Waals surface area contributed by atoms with Crippen molar-refractivity contribution in [2.45, 2.75) is 19.1 Å². The number of para-hydroxylation sites is 2. The minimum Gasteiger partial charge on any atom is -0.496 e. The molecule has 1 heterocycles. The van der Waals surface area contributed by atoms with Crippen LogP contribution in [0.5, 0.6) is 5.75 Å². The van der Waals surface area contributed by atoms with Gasteiger partial charge in [-0.25, -0.2) is 4.79 Å². The molecule has 1 aromatic heterocycles. The quantitative estimate of drug-likeness (QED) is 0.216. The molecule has 0 radical (unpaired) electrons. The lowest BCUT2D eigenvalue weighted by Crippen LogP contribution is -2.46. The predicted octanol–water partition coefficient (Wildman–Crippen LogP) is 5.95. The van der Waals surface area contributed by atoms with Crippen LogP contribution in [0.1, 0.15) is 16.7 Å². The van der Waals surface area contributed by atoms with Gasteiger partial charge in [-0.2, -0.15) is 13.2 Å². The highest BCUT2D eigenvalue weighted by Gasteiger charge is 2.30.